The molecule has 0 radical (unpaired) electrons. The maximum absolute atomic E-state index is 11.2. The first-order valence-electron chi connectivity index (χ1n) is 9.60. The molecule has 1 unspecified atom stereocenters. The summed E-state index contributed by atoms with van der Waals surface area (Å²) in [5, 5.41) is -0.803. The average Bonchev–Trinajstić information content (AvgIpc) is 2.56. The Labute approximate surface area is 153 Å². The predicted octanol–water partition coefficient (Wildman–Crippen LogP) is 5.20. The van der Waals surface area contributed by atoms with Crippen LogP contribution >= 0.6 is 0 Å². The summed E-state index contributed by atoms with van der Waals surface area (Å²) in [6.45, 7) is 6.19. The minimum Gasteiger partial charge on any atom is -0.493 e. The molecule has 1 atom stereocenters. The molecule has 0 bridgehead atoms. The summed E-state index contributed by atoms with van der Waals surface area (Å²) < 4.78 is 37.4. The number of ether oxygens (including phenoxy) is 1. The Hall–Kier alpha value is -1.07. The molecule has 0 heterocycles. The van der Waals surface area contributed by atoms with Gasteiger partial charge in [-0.2, -0.15) is 8.42 Å². The van der Waals surface area contributed by atoms with Crippen molar-refractivity contribution in [3.05, 3.63) is 29.3 Å². The van der Waals surface area contributed by atoms with E-state index in [1.165, 1.54) is 43.7 Å². The SMILES string of the molecule is CCCCCc1cccc(CCCCC)c1OCCC(C)S(=O)(=O)O. The van der Waals surface area contributed by atoms with Crippen molar-refractivity contribution < 1.29 is 17.7 Å². The van der Waals surface area contributed by atoms with E-state index < -0.39 is 15.4 Å². The van der Waals surface area contributed by atoms with Gasteiger partial charge in [-0.15, -0.1) is 0 Å². The van der Waals surface area contributed by atoms with Crippen molar-refractivity contribution >= 4 is 10.1 Å². The highest BCUT2D eigenvalue weighted by Crippen LogP contribution is 2.28. The van der Waals surface area contributed by atoms with E-state index in [1.54, 1.807) is 0 Å². The van der Waals surface area contributed by atoms with Gasteiger partial charge in [0, 0.05) is 6.42 Å². The molecule has 1 aromatic carbocycles. The lowest BCUT2D eigenvalue weighted by atomic mass is 9.99. The molecule has 0 saturated carbocycles. The maximum Gasteiger partial charge on any atom is 0.267 e. The summed E-state index contributed by atoms with van der Waals surface area (Å²) in [4.78, 5) is 0. The Bertz CT molecular complexity index is 567. The molecule has 144 valence electrons. The maximum atomic E-state index is 11.2. The van der Waals surface area contributed by atoms with Crippen LogP contribution in [0.5, 0.6) is 5.75 Å². The molecule has 1 aromatic rings. The van der Waals surface area contributed by atoms with Gasteiger partial charge in [-0.1, -0.05) is 57.7 Å². The number of hydrogen-bond donors (Lipinski definition) is 1. The molecular formula is C20H34O4S. The Morgan fingerprint density at radius 2 is 1.52 bits per heavy atom. The van der Waals surface area contributed by atoms with Crippen molar-refractivity contribution in [3.63, 3.8) is 0 Å². The van der Waals surface area contributed by atoms with Crippen LogP contribution in [0.4, 0.5) is 0 Å². The van der Waals surface area contributed by atoms with E-state index in [0.717, 1.165) is 31.4 Å². The van der Waals surface area contributed by atoms with Crippen LogP contribution in [-0.4, -0.2) is 24.8 Å². The van der Waals surface area contributed by atoms with Gasteiger partial charge in [0.1, 0.15) is 5.75 Å². The molecule has 0 spiro atoms. The second-order valence-electron chi connectivity index (χ2n) is 6.78. The largest absolute Gasteiger partial charge is 0.493 e. The van der Waals surface area contributed by atoms with Crippen LogP contribution in [0.15, 0.2) is 18.2 Å². The lowest BCUT2D eigenvalue weighted by molar-refractivity contribution is 0.300. The van der Waals surface area contributed by atoms with Crippen molar-refractivity contribution in [1.82, 2.24) is 0 Å². The zero-order valence-electron chi connectivity index (χ0n) is 16.0. The van der Waals surface area contributed by atoms with Crippen molar-refractivity contribution in [1.29, 1.82) is 0 Å². The van der Waals surface area contributed by atoms with Gasteiger partial charge >= 0.3 is 0 Å². The molecule has 1 rings (SSSR count). The summed E-state index contributed by atoms with van der Waals surface area (Å²) in [7, 11) is -3.99. The van der Waals surface area contributed by atoms with E-state index in [9.17, 15) is 8.42 Å². The van der Waals surface area contributed by atoms with Crippen LogP contribution < -0.4 is 4.74 Å². The molecule has 0 aromatic heterocycles. The summed E-state index contributed by atoms with van der Waals surface area (Å²) in [5.41, 5.74) is 2.42. The molecule has 5 heteroatoms. The zero-order chi connectivity index (χ0) is 18.7. The lowest BCUT2D eigenvalue weighted by Crippen LogP contribution is -2.19. The van der Waals surface area contributed by atoms with Crippen LogP contribution in [0.25, 0.3) is 0 Å². The highest BCUT2D eigenvalue weighted by Gasteiger charge is 2.18. The number of unbranched alkanes of at least 4 members (excludes halogenated alkanes) is 4. The van der Waals surface area contributed by atoms with Crippen LogP contribution in [-0.2, 0) is 23.0 Å². The quantitative estimate of drug-likeness (QED) is 0.383. The second kappa shape index (κ2) is 11.5. The van der Waals surface area contributed by atoms with Crippen LogP contribution in [0, 0.1) is 0 Å². The van der Waals surface area contributed by atoms with E-state index in [-0.39, 0.29) is 6.42 Å². The Kier molecular flexibility index (Phi) is 10.1. The fraction of sp³-hybridized carbons (Fsp3) is 0.700. The Balaban J connectivity index is 2.81. The zero-order valence-corrected chi connectivity index (χ0v) is 16.8. The van der Waals surface area contributed by atoms with E-state index >= 15 is 0 Å². The first-order valence-corrected chi connectivity index (χ1v) is 11.1. The lowest BCUT2D eigenvalue weighted by Gasteiger charge is -2.17. The minimum absolute atomic E-state index is 0.288. The number of rotatable bonds is 13. The van der Waals surface area contributed by atoms with Gasteiger partial charge in [0.25, 0.3) is 10.1 Å². The van der Waals surface area contributed by atoms with Crippen molar-refractivity contribution in [3.8, 4) is 5.75 Å². The molecule has 0 aliphatic carbocycles. The van der Waals surface area contributed by atoms with Crippen molar-refractivity contribution in [2.45, 2.75) is 83.8 Å². The molecule has 4 nitrogen and oxygen atoms in total. The van der Waals surface area contributed by atoms with E-state index in [2.05, 4.69) is 32.0 Å². The fourth-order valence-electron chi connectivity index (χ4n) is 2.82. The highest BCUT2D eigenvalue weighted by atomic mass is 32.2. The fourth-order valence-corrected chi connectivity index (χ4v) is 3.22. The van der Waals surface area contributed by atoms with Crippen LogP contribution in [0.3, 0.4) is 0 Å². The molecule has 0 amide bonds. The minimum atomic E-state index is -3.99. The smallest absolute Gasteiger partial charge is 0.267 e. The Morgan fingerprint density at radius 1 is 1.00 bits per heavy atom. The third-order valence-electron chi connectivity index (χ3n) is 4.56. The van der Waals surface area contributed by atoms with Gasteiger partial charge in [0.05, 0.1) is 11.9 Å². The van der Waals surface area contributed by atoms with Crippen LogP contribution in [0.1, 0.15) is 76.8 Å². The summed E-state index contributed by atoms with van der Waals surface area (Å²) in [5.74, 6) is 0.928. The molecule has 0 aliphatic heterocycles. The molecule has 0 fully saturated rings. The third kappa shape index (κ3) is 8.23. The van der Waals surface area contributed by atoms with Gasteiger partial charge in [-0.3, -0.25) is 4.55 Å². The second-order valence-corrected chi connectivity index (χ2v) is 8.62. The van der Waals surface area contributed by atoms with E-state index in [4.69, 9.17) is 9.29 Å². The number of para-hydroxylation sites is 1. The summed E-state index contributed by atoms with van der Waals surface area (Å²) in [6.07, 6.45) is 9.27. The summed E-state index contributed by atoms with van der Waals surface area (Å²) in [6, 6.07) is 6.32. The highest BCUT2D eigenvalue weighted by molar-refractivity contribution is 7.86. The van der Waals surface area contributed by atoms with Crippen molar-refractivity contribution in [2.75, 3.05) is 6.61 Å². The molecule has 25 heavy (non-hydrogen) atoms. The molecule has 1 N–H and O–H groups in total. The van der Waals surface area contributed by atoms with Crippen molar-refractivity contribution in [2.24, 2.45) is 0 Å². The molecular weight excluding hydrogens is 336 g/mol. The predicted molar refractivity (Wildman–Crippen MR) is 104 cm³/mol. The first kappa shape index (κ1) is 22.0. The molecule has 0 aliphatic rings. The molecule has 0 saturated heterocycles. The standard InChI is InChI=1S/C20H34O4S/c1-4-6-8-11-18-13-10-14-19(12-9-7-5-2)20(18)24-16-15-17(3)25(21,22)23/h10,13-14,17H,4-9,11-12,15-16H2,1-3H3,(H,21,22,23). The summed E-state index contributed by atoms with van der Waals surface area (Å²) >= 11 is 0. The van der Waals surface area contributed by atoms with Gasteiger partial charge in [0.15, 0.2) is 0 Å². The monoisotopic (exact) mass is 370 g/mol. The average molecular weight is 371 g/mol. The normalized spacial score (nSPS) is 13.0. The number of hydrogen-bond acceptors (Lipinski definition) is 3. The third-order valence-corrected chi connectivity index (χ3v) is 5.81. The van der Waals surface area contributed by atoms with Gasteiger partial charge < -0.3 is 4.74 Å². The topological polar surface area (TPSA) is 63.6 Å². The van der Waals surface area contributed by atoms with Gasteiger partial charge in [-0.05, 0) is 43.7 Å². The van der Waals surface area contributed by atoms with Gasteiger partial charge in [0.2, 0.25) is 0 Å². The number of benzene rings is 1. The Morgan fingerprint density at radius 3 is 1.96 bits per heavy atom. The van der Waals surface area contributed by atoms with E-state index in [1.807, 2.05) is 0 Å². The van der Waals surface area contributed by atoms with Gasteiger partial charge in [-0.25, -0.2) is 0 Å². The van der Waals surface area contributed by atoms with Crippen LogP contribution in [0.2, 0.25) is 0 Å². The van der Waals surface area contributed by atoms with E-state index in [0.29, 0.717) is 6.61 Å². The number of aryl methyl sites for hydroxylation is 2. The first-order chi connectivity index (χ1) is 11.9.